The summed E-state index contributed by atoms with van der Waals surface area (Å²) < 4.78 is 5.70. The van der Waals surface area contributed by atoms with Gasteiger partial charge in [-0.05, 0) is 56.5 Å². The van der Waals surface area contributed by atoms with Crippen molar-refractivity contribution in [2.75, 3.05) is 31.5 Å². The quantitative estimate of drug-likeness (QED) is 0.730. The topological polar surface area (TPSA) is 78.9 Å². The Morgan fingerprint density at radius 3 is 2.31 bits per heavy atom. The van der Waals surface area contributed by atoms with Crippen LogP contribution in [0.2, 0.25) is 0 Å². The molecule has 3 aliphatic rings. The molecule has 2 amide bonds. The molecule has 3 aliphatic heterocycles. The van der Waals surface area contributed by atoms with Gasteiger partial charge in [-0.25, -0.2) is 4.79 Å². The molecule has 32 heavy (non-hydrogen) atoms. The lowest BCUT2D eigenvalue weighted by Crippen LogP contribution is -2.49. The van der Waals surface area contributed by atoms with Crippen LogP contribution in [0.25, 0.3) is 0 Å². The van der Waals surface area contributed by atoms with Gasteiger partial charge >= 0.3 is 5.97 Å². The summed E-state index contributed by atoms with van der Waals surface area (Å²) in [5.41, 5.74) is 1.73. The Hall–Kier alpha value is -2.67. The molecule has 2 saturated heterocycles. The van der Waals surface area contributed by atoms with Crippen molar-refractivity contribution in [3.63, 3.8) is 0 Å². The summed E-state index contributed by atoms with van der Waals surface area (Å²) in [4.78, 5) is 41.4. The fourth-order valence-corrected chi connectivity index (χ4v) is 5.03. The van der Waals surface area contributed by atoms with Gasteiger partial charge in [0.1, 0.15) is 5.60 Å². The molecule has 3 heterocycles. The third kappa shape index (κ3) is 4.58. The lowest BCUT2D eigenvalue weighted by Gasteiger charge is -2.39. The van der Waals surface area contributed by atoms with E-state index in [0.717, 1.165) is 25.6 Å². The molecule has 1 aromatic rings. The lowest BCUT2D eigenvalue weighted by atomic mass is 9.82. The van der Waals surface area contributed by atoms with E-state index >= 15 is 0 Å². The molecular formula is C25H33N3O4. The second kappa shape index (κ2) is 9.06. The Labute approximate surface area is 189 Å². The number of benzene rings is 1. The van der Waals surface area contributed by atoms with E-state index in [0.29, 0.717) is 42.8 Å². The van der Waals surface area contributed by atoms with Crippen LogP contribution in [-0.2, 0) is 25.7 Å². The van der Waals surface area contributed by atoms with Crippen molar-refractivity contribution in [3.8, 4) is 0 Å². The number of esters is 1. The van der Waals surface area contributed by atoms with Gasteiger partial charge in [0.05, 0.1) is 5.57 Å². The number of anilines is 1. The zero-order valence-electron chi connectivity index (χ0n) is 19.3. The molecule has 7 heteroatoms. The highest BCUT2D eigenvalue weighted by molar-refractivity contribution is 6.12. The second-order valence-corrected chi connectivity index (χ2v) is 9.50. The first-order valence-corrected chi connectivity index (χ1v) is 11.6. The molecule has 2 fully saturated rings. The smallest absolute Gasteiger partial charge is 0.335 e. The van der Waals surface area contributed by atoms with Gasteiger partial charge in [-0.3, -0.25) is 14.5 Å². The Morgan fingerprint density at radius 1 is 1.09 bits per heavy atom. The summed E-state index contributed by atoms with van der Waals surface area (Å²) in [5.74, 6) is 0.0566. The first-order valence-electron chi connectivity index (χ1n) is 11.6. The van der Waals surface area contributed by atoms with Crippen molar-refractivity contribution in [3.05, 3.63) is 41.0 Å². The van der Waals surface area contributed by atoms with Crippen molar-refractivity contribution in [2.45, 2.75) is 58.6 Å². The monoisotopic (exact) mass is 439 g/mol. The van der Waals surface area contributed by atoms with Gasteiger partial charge in [-0.1, -0.05) is 19.1 Å². The number of carbonyl (C=O) groups is 3. The van der Waals surface area contributed by atoms with Crippen molar-refractivity contribution in [1.82, 2.24) is 9.80 Å². The first-order chi connectivity index (χ1) is 15.3. The van der Waals surface area contributed by atoms with E-state index in [9.17, 15) is 14.4 Å². The normalized spacial score (nSPS) is 21.7. The molecule has 0 radical (unpaired) electrons. The van der Waals surface area contributed by atoms with Crippen molar-refractivity contribution in [2.24, 2.45) is 5.92 Å². The number of carbonyl (C=O) groups excluding carboxylic acids is 3. The van der Waals surface area contributed by atoms with Crippen LogP contribution in [-0.4, -0.2) is 59.4 Å². The number of nitrogens with zero attached hydrogens (tertiary/aromatic N) is 2. The third-order valence-corrected chi connectivity index (χ3v) is 7.16. The molecule has 0 unspecified atom stereocenters. The van der Waals surface area contributed by atoms with Crippen molar-refractivity contribution in [1.29, 1.82) is 0 Å². The highest BCUT2D eigenvalue weighted by Gasteiger charge is 2.51. The van der Waals surface area contributed by atoms with Crippen molar-refractivity contribution >= 4 is 23.5 Å². The number of ether oxygens (including phenoxy) is 1. The highest BCUT2D eigenvalue weighted by Crippen LogP contribution is 2.41. The Balaban J connectivity index is 1.42. The van der Waals surface area contributed by atoms with Crippen LogP contribution in [0, 0.1) is 5.92 Å². The number of amides is 2. The number of hydrogen-bond acceptors (Lipinski definition) is 5. The molecule has 172 valence electrons. The average Bonchev–Trinajstić information content (AvgIpc) is 3.00. The van der Waals surface area contributed by atoms with E-state index < -0.39 is 11.6 Å². The SMILES string of the molecule is CC(=O)N1CCC2(CC1)OC(=O)C(C)=C2C(=O)Nc1ccc(CN2CCC(C)CC2)cc1. The van der Waals surface area contributed by atoms with Gasteiger partial charge in [-0.2, -0.15) is 0 Å². The predicted octanol–water partition coefficient (Wildman–Crippen LogP) is 3.11. The molecular weight excluding hydrogens is 406 g/mol. The molecule has 1 spiro atoms. The van der Waals surface area contributed by atoms with Gasteiger partial charge in [0.15, 0.2) is 0 Å². The molecule has 0 atom stereocenters. The molecule has 7 nitrogen and oxygen atoms in total. The van der Waals surface area contributed by atoms with Gasteiger partial charge in [-0.15, -0.1) is 0 Å². The zero-order chi connectivity index (χ0) is 22.9. The summed E-state index contributed by atoms with van der Waals surface area (Å²) in [6.45, 7) is 9.60. The van der Waals surface area contributed by atoms with Crippen LogP contribution in [0.15, 0.2) is 35.4 Å². The van der Waals surface area contributed by atoms with Crippen LogP contribution < -0.4 is 5.32 Å². The maximum atomic E-state index is 13.2. The second-order valence-electron chi connectivity index (χ2n) is 9.50. The number of likely N-dealkylation sites (tertiary alicyclic amines) is 2. The fourth-order valence-electron chi connectivity index (χ4n) is 5.03. The van der Waals surface area contributed by atoms with Gasteiger partial charge in [0, 0.05) is 50.7 Å². The molecule has 0 saturated carbocycles. The van der Waals surface area contributed by atoms with Crippen LogP contribution in [0.4, 0.5) is 5.69 Å². The van der Waals surface area contributed by atoms with Crippen LogP contribution in [0.5, 0.6) is 0 Å². The molecule has 1 aromatic carbocycles. The lowest BCUT2D eigenvalue weighted by molar-refractivity contribution is -0.152. The molecule has 1 N–H and O–H groups in total. The Kier molecular flexibility index (Phi) is 6.38. The minimum atomic E-state index is -0.942. The maximum absolute atomic E-state index is 13.2. The maximum Gasteiger partial charge on any atom is 0.335 e. The van der Waals surface area contributed by atoms with Crippen LogP contribution in [0.3, 0.4) is 0 Å². The molecule has 0 bridgehead atoms. The summed E-state index contributed by atoms with van der Waals surface area (Å²) in [5, 5.41) is 2.95. The fraction of sp³-hybridized carbons (Fsp3) is 0.560. The Morgan fingerprint density at radius 2 is 1.72 bits per heavy atom. The number of nitrogens with one attached hydrogen (secondary N) is 1. The summed E-state index contributed by atoms with van der Waals surface area (Å²) in [6, 6.07) is 7.93. The van der Waals surface area contributed by atoms with E-state index in [1.54, 1.807) is 11.8 Å². The number of piperidine rings is 2. The van der Waals surface area contributed by atoms with E-state index in [4.69, 9.17) is 4.74 Å². The summed E-state index contributed by atoms with van der Waals surface area (Å²) >= 11 is 0. The largest absolute Gasteiger partial charge is 0.450 e. The molecule has 0 aliphatic carbocycles. The van der Waals surface area contributed by atoms with E-state index in [1.165, 1.54) is 25.3 Å². The summed E-state index contributed by atoms with van der Waals surface area (Å²) in [7, 11) is 0. The first kappa shape index (κ1) is 22.5. The van der Waals surface area contributed by atoms with Gasteiger partial charge in [0.25, 0.3) is 5.91 Å². The van der Waals surface area contributed by atoms with Gasteiger partial charge < -0.3 is 15.0 Å². The van der Waals surface area contributed by atoms with Gasteiger partial charge in [0.2, 0.25) is 5.91 Å². The van der Waals surface area contributed by atoms with E-state index in [1.807, 2.05) is 24.3 Å². The zero-order valence-corrected chi connectivity index (χ0v) is 19.3. The minimum Gasteiger partial charge on any atom is -0.450 e. The minimum absolute atomic E-state index is 0.00460. The molecule has 0 aromatic heterocycles. The van der Waals surface area contributed by atoms with Crippen molar-refractivity contribution < 1.29 is 19.1 Å². The number of rotatable bonds is 4. The third-order valence-electron chi connectivity index (χ3n) is 7.16. The van der Waals surface area contributed by atoms with E-state index in [2.05, 4.69) is 17.1 Å². The number of hydrogen-bond donors (Lipinski definition) is 1. The average molecular weight is 440 g/mol. The highest BCUT2D eigenvalue weighted by atomic mass is 16.6. The van der Waals surface area contributed by atoms with Crippen LogP contribution >= 0.6 is 0 Å². The molecule has 4 rings (SSSR count). The summed E-state index contributed by atoms with van der Waals surface area (Å²) in [6.07, 6.45) is 3.36. The standard InChI is InChI=1S/C25H33N3O4/c1-17-8-12-27(13-9-17)16-20-4-6-21(7-5-20)26-23(30)22-18(2)24(31)32-25(22)10-14-28(15-11-25)19(3)29/h4-7,17H,8-16H2,1-3H3,(H,26,30). The van der Waals surface area contributed by atoms with Crippen LogP contribution in [0.1, 0.15) is 52.0 Å². The van der Waals surface area contributed by atoms with E-state index in [-0.39, 0.29) is 11.8 Å². The Bertz CT molecular complexity index is 921. The predicted molar refractivity (Wildman–Crippen MR) is 122 cm³/mol.